The normalized spacial score (nSPS) is 10.5. The summed E-state index contributed by atoms with van der Waals surface area (Å²) >= 11 is 0.955. The molecule has 0 aromatic carbocycles. The Hall–Kier alpha value is -1.47. The number of thiophene rings is 1. The van der Waals surface area contributed by atoms with Crippen LogP contribution < -0.4 is 10.6 Å². The van der Waals surface area contributed by atoms with Crippen molar-refractivity contribution in [1.29, 1.82) is 0 Å². The minimum Gasteiger partial charge on any atom is -0.351 e. The Kier molecular flexibility index (Phi) is 5.05. The molecule has 6 nitrogen and oxygen atoms in total. The molecular weight excluding hydrogens is 242 g/mol. The first kappa shape index (κ1) is 13.6. The largest absolute Gasteiger partial charge is 0.351 e. The third-order valence-corrected chi connectivity index (χ3v) is 2.87. The van der Waals surface area contributed by atoms with Gasteiger partial charge in [0.15, 0.2) is 0 Å². The molecule has 0 aliphatic heterocycles. The lowest BCUT2D eigenvalue weighted by Crippen LogP contribution is -2.34. The van der Waals surface area contributed by atoms with Crippen LogP contribution in [-0.4, -0.2) is 30.0 Å². The lowest BCUT2D eigenvalue weighted by molar-refractivity contribution is -0.380. The van der Waals surface area contributed by atoms with Gasteiger partial charge in [0.25, 0.3) is 5.91 Å². The van der Waals surface area contributed by atoms with E-state index in [1.54, 1.807) is 0 Å². The number of carbonyl (C=O) groups excluding carboxylic acids is 1. The number of nitrogens with one attached hydrogen (secondary N) is 2. The van der Waals surface area contributed by atoms with Crippen LogP contribution in [0.1, 0.15) is 24.2 Å². The van der Waals surface area contributed by atoms with E-state index in [1.807, 2.05) is 13.8 Å². The molecule has 0 unspecified atom stereocenters. The van der Waals surface area contributed by atoms with Gasteiger partial charge in [-0.05, 0) is 0 Å². The zero-order valence-corrected chi connectivity index (χ0v) is 10.5. The van der Waals surface area contributed by atoms with E-state index in [9.17, 15) is 14.9 Å². The second-order valence-electron chi connectivity index (χ2n) is 3.80. The number of rotatable bonds is 6. The summed E-state index contributed by atoms with van der Waals surface area (Å²) in [5.74, 6) is -0.278. The molecule has 0 saturated heterocycles. The monoisotopic (exact) mass is 257 g/mol. The topological polar surface area (TPSA) is 84.3 Å². The molecule has 17 heavy (non-hydrogen) atoms. The van der Waals surface area contributed by atoms with Crippen LogP contribution in [0.4, 0.5) is 5.00 Å². The third kappa shape index (κ3) is 4.49. The van der Waals surface area contributed by atoms with Crippen molar-refractivity contribution in [3.05, 3.63) is 27.1 Å². The molecule has 7 heteroatoms. The average Bonchev–Trinajstić information content (AvgIpc) is 2.73. The van der Waals surface area contributed by atoms with Crippen LogP contribution in [-0.2, 0) is 0 Å². The third-order valence-electron chi connectivity index (χ3n) is 1.99. The Morgan fingerprint density at radius 2 is 2.24 bits per heavy atom. The van der Waals surface area contributed by atoms with Crippen LogP contribution in [0.2, 0.25) is 0 Å². The first-order valence-electron chi connectivity index (χ1n) is 5.25. The fraction of sp³-hybridized carbons (Fsp3) is 0.500. The first-order chi connectivity index (χ1) is 8.00. The predicted octanol–water partition coefficient (Wildman–Crippen LogP) is 1.38. The van der Waals surface area contributed by atoms with Crippen molar-refractivity contribution in [1.82, 2.24) is 10.6 Å². The molecule has 0 aliphatic carbocycles. The number of hydrogen-bond acceptors (Lipinski definition) is 5. The Balaban J connectivity index is 2.39. The van der Waals surface area contributed by atoms with Crippen LogP contribution >= 0.6 is 11.3 Å². The van der Waals surface area contributed by atoms with Crippen molar-refractivity contribution in [2.45, 2.75) is 19.9 Å². The van der Waals surface area contributed by atoms with Crippen molar-refractivity contribution in [2.24, 2.45) is 0 Å². The number of nitrogens with zero attached hydrogens (tertiary/aromatic N) is 1. The fourth-order valence-electron chi connectivity index (χ4n) is 1.18. The summed E-state index contributed by atoms with van der Waals surface area (Å²) in [4.78, 5) is 21.5. The smallest absolute Gasteiger partial charge is 0.324 e. The van der Waals surface area contributed by atoms with E-state index in [2.05, 4.69) is 10.6 Å². The SMILES string of the molecule is CC(C)NCCNC(=O)c1csc([N+](=O)[O-])c1. The van der Waals surface area contributed by atoms with Crippen LogP contribution in [0.3, 0.4) is 0 Å². The first-order valence-corrected chi connectivity index (χ1v) is 6.13. The van der Waals surface area contributed by atoms with Gasteiger partial charge in [-0.15, -0.1) is 0 Å². The molecular formula is C10H15N3O3S. The van der Waals surface area contributed by atoms with Crippen molar-refractivity contribution < 1.29 is 9.72 Å². The molecule has 0 fully saturated rings. The van der Waals surface area contributed by atoms with Crippen molar-refractivity contribution in [2.75, 3.05) is 13.1 Å². The molecule has 1 rings (SSSR count). The summed E-state index contributed by atoms with van der Waals surface area (Å²) in [6.07, 6.45) is 0. The zero-order valence-electron chi connectivity index (χ0n) is 9.73. The van der Waals surface area contributed by atoms with Crippen LogP contribution in [0.5, 0.6) is 0 Å². The maximum atomic E-state index is 11.6. The second kappa shape index (κ2) is 6.31. The standard InChI is InChI=1S/C10H15N3O3S/c1-7(2)11-3-4-12-10(14)8-5-9(13(15)16)17-6-8/h5-7,11H,3-4H2,1-2H3,(H,12,14). The van der Waals surface area contributed by atoms with E-state index in [1.165, 1.54) is 11.4 Å². The van der Waals surface area contributed by atoms with Gasteiger partial charge >= 0.3 is 5.00 Å². The Morgan fingerprint density at radius 1 is 1.53 bits per heavy atom. The summed E-state index contributed by atoms with van der Waals surface area (Å²) in [5.41, 5.74) is 0.339. The van der Waals surface area contributed by atoms with E-state index in [0.717, 1.165) is 11.3 Å². The highest BCUT2D eigenvalue weighted by Gasteiger charge is 2.14. The lowest BCUT2D eigenvalue weighted by atomic mass is 10.3. The maximum Gasteiger partial charge on any atom is 0.324 e. The zero-order chi connectivity index (χ0) is 12.8. The van der Waals surface area contributed by atoms with E-state index in [0.29, 0.717) is 24.7 Å². The van der Waals surface area contributed by atoms with Crippen LogP contribution in [0, 0.1) is 10.1 Å². The molecule has 0 bridgehead atoms. The molecule has 0 atom stereocenters. The summed E-state index contributed by atoms with van der Waals surface area (Å²) in [6.45, 7) is 5.21. The van der Waals surface area contributed by atoms with E-state index in [4.69, 9.17) is 0 Å². The van der Waals surface area contributed by atoms with Gasteiger partial charge < -0.3 is 10.6 Å². The Morgan fingerprint density at radius 3 is 2.76 bits per heavy atom. The molecule has 0 radical (unpaired) electrons. The maximum absolute atomic E-state index is 11.6. The molecule has 2 N–H and O–H groups in total. The van der Waals surface area contributed by atoms with E-state index >= 15 is 0 Å². The summed E-state index contributed by atoms with van der Waals surface area (Å²) < 4.78 is 0. The van der Waals surface area contributed by atoms with Gasteiger partial charge in [0.05, 0.1) is 10.5 Å². The predicted molar refractivity (Wildman–Crippen MR) is 66.4 cm³/mol. The molecule has 1 aromatic rings. The highest BCUT2D eigenvalue weighted by molar-refractivity contribution is 7.13. The highest BCUT2D eigenvalue weighted by atomic mass is 32.1. The molecule has 94 valence electrons. The van der Waals surface area contributed by atoms with Crippen LogP contribution in [0.15, 0.2) is 11.4 Å². The van der Waals surface area contributed by atoms with Gasteiger partial charge in [-0.1, -0.05) is 25.2 Å². The number of carbonyl (C=O) groups is 1. The number of nitro groups is 1. The Bertz CT molecular complexity index is 403. The van der Waals surface area contributed by atoms with Crippen LogP contribution in [0.25, 0.3) is 0 Å². The number of amides is 1. The summed E-state index contributed by atoms with van der Waals surface area (Å²) in [6, 6.07) is 1.66. The van der Waals surface area contributed by atoms with Gasteiger partial charge in [0, 0.05) is 30.6 Å². The molecule has 1 aromatic heterocycles. The minimum absolute atomic E-state index is 0.0181. The fourth-order valence-corrected chi connectivity index (χ4v) is 1.88. The molecule has 0 saturated carbocycles. The van der Waals surface area contributed by atoms with Gasteiger partial charge in [-0.2, -0.15) is 0 Å². The number of hydrogen-bond donors (Lipinski definition) is 2. The Labute approximate surface area is 103 Å². The highest BCUT2D eigenvalue weighted by Crippen LogP contribution is 2.22. The molecule has 1 heterocycles. The van der Waals surface area contributed by atoms with Crippen molar-refractivity contribution in [3.63, 3.8) is 0 Å². The van der Waals surface area contributed by atoms with Gasteiger partial charge in [-0.25, -0.2) is 0 Å². The summed E-state index contributed by atoms with van der Waals surface area (Å²) in [7, 11) is 0. The van der Waals surface area contributed by atoms with E-state index < -0.39 is 4.92 Å². The average molecular weight is 257 g/mol. The van der Waals surface area contributed by atoms with Gasteiger partial charge in [0.1, 0.15) is 0 Å². The molecule has 1 amide bonds. The van der Waals surface area contributed by atoms with Gasteiger partial charge in [-0.3, -0.25) is 14.9 Å². The lowest BCUT2D eigenvalue weighted by Gasteiger charge is -2.08. The second-order valence-corrected chi connectivity index (χ2v) is 4.69. The molecule has 0 aliphatic rings. The summed E-state index contributed by atoms with van der Waals surface area (Å²) in [5, 5.41) is 17.8. The quantitative estimate of drug-likeness (QED) is 0.458. The van der Waals surface area contributed by atoms with Crippen molar-refractivity contribution >= 4 is 22.2 Å². The van der Waals surface area contributed by atoms with E-state index in [-0.39, 0.29) is 10.9 Å². The minimum atomic E-state index is -0.498. The van der Waals surface area contributed by atoms with Crippen molar-refractivity contribution in [3.8, 4) is 0 Å². The van der Waals surface area contributed by atoms with Gasteiger partial charge in [0.2, 0.25) is 0 Å². The molecule has 0 spiro atoms.